The topological polar surface area (TPSA) is 85.3 Å². The predicted octanol–water partition coefficient (Wildman–Crippen LogP) is 4.86. The number of ketones is 1. The van der Waals surface area contributed by atoms with E-state index in [2.05, 4.69) is 0 Å². The van der Waals surface area contributed by atoms with Crippen molar-refractivity contribution in [3.05, 3.63) is 59.2 Å². The molecule has 1 amide bonds. The van der Waals surface area contributed by atoms with Gasteiger partial charge in [0.2, 0.25) is 0 Å². The number of aliphatic hydroxyl groups is 1. The molecule has 1 aliphatic heterocycles. The fraction of sp³-hybridized carbons (Fsp3) is 0.407. The lowest BCUT2D eigenvalue weighted by molar-refractivity contribution is -0.141. The van der Waals surface area contributed by atoms with E-state index in [-0.39, 0.29) is 22.9 Å². The maximum Gasteiger partial charge on any atom is 0.295 e. The van der Waals surface area contributed by atoms with Crippen molar-refractivity contribution in [2.75, 3.05) is 20.8 Å². The first-order valence-corrected chi connectivity index (χ1v) is 11.8. The molecular formula is C27H31NO6. The molecule has 0 bridgehead atoms. The number of hydrogen-bond acceptors (Lipinski definition) is 6. The van der Waals surface area contributed by atoms with E-state index in [9.17, 15) is 14.7 Å². The van der Waals surface area contributed by atoms with Crippen LogP contribution in [0.4, 0.5) is 0 Å². The van der Waals surface area contributed by atoms with Crippen LogP contribution in [0.2, 0.25) is 0 Å². The summed E-state index contributed by atoms with van der Waals surface area (Å²) in [5.74, 6) is -0.260. The van der Waals surface area contributed by atoms with Crippen LogP contribution in [0.5, 0.6) is 17.2 Å². The summed E-state index contributed by atoms with van der Waals surface area (Å²) in [5.41, 5.74) is 0.998. The molecule has 7 heteroatoms. The van der Waals surface area contributed by atoms with Crippen LogP contribution in [0, 0.1) is 0 Å². The number of Topliss-reactive ketones (excluding diaryl/α,β-unsaturated/α-hetero) is 1. The normalized spacial score (nSPS) is 20.4. The highest BCUT2D eigenvalue weighted by molar-refractivity contribution is 6.46. The molecule has 0 spiro atoms. The molecule has 4 rings (SSSR count). The van der Waals surface area contributed by atoms with E-state index in [1.54, 1.807) is 23.1 Å². The van der Waals surface area contributed by atoms with Gasteiger partial charge in [-0.25, -0.2) is 0 Å². The van der Waals surface area contributed by atoms with Crippen LogP contribution in [0.3, 0.4) is 0 Å². The molecule has 1 saturated heterocycles. The van der Waals surface area contributed by atoms with Crippen molar-refractivity contribution >= 4 is 17.4 Å². The summed E-state index contributed by atoms with van der Waals surface area (Å²) in [7, 11) is 2.96. The van der Waals surface area contributed by atoms with Gasteiger partial charge in [0.15, 0.2) is 0 Å². The van der Waals surface area contributed by atoms with Crippen molar-refractivity contribution in [2.24, 2.45) is 0 Å². The van der Waals surface area contributed by atoms with Gasteiger partial charge in [0.1, 0.15) is 28.6 Å². The number of hydrogen-bond donors (Lipinski definition) is 1. The zero-order valence-electron chi connectivity index (χ0n) is 19.9. The molecule has 34 heavy (non-hydrogen) atoms. The van der Waals surface area contributed by atoms with Gasteiger partial charge in [0, 0.05) is 6.04 Å². The van der Waals surface area contributed by atoms with Gasteiger partial charge in [0.05, 0.1) is 32.4 Å². The van der Waals surface area contributed by atoms with Gasteiger partial charge in [-0.1, -0.05) is 37.5 Å². The van der Waals surface area contributed by atoms with E-state index < -0.39 is 17.7 Å². The molecule has 2 aromatic rings. The monoisotopic (exact) mass is 465 g/mol. The molecule has 0 aromatic heterocycles. The Morgan fingerprint density at radius 3 is 2.26 bits per heavy atom. The first-order valence-electron chi connectivity index (χ1n) is 11.8. The van der Waals surface area contributed by atoms with E-state index in [0.717, 1.165) is 32.1 Å². The lowest BCUT2D eigenvalue weighted by Crippen LogP contribution is -2.40. The molecule has 0 radical (unpaired) electrons. The predicted molar refractivity (Wildman–Crippen MR) is 128 cm³/mol. The van der Waals surface area contributed by atoms with Crippen LogP contribution in [0.15, 0.2) is 48.0 Å². The summed E-state index contributed by atoms with van der Waals surface area (Å²) in [4.78, 5) is 28.5. The molecule has 2 fully saturated rings. The van der Waals surface area contributed by atoms with Crippen LogP contribution in [-0.4, -0.2) is 48.6 Å². The minimum atomic E-state index is -0.738. The number of carbonyl (C=O) groups is 2. The van der Waals surface area contributed by atoms with Crippen LogP contribution in [0.1, 0.15) is 56.2 Å². The number of rotatable bonds is 7. The van der Waals surface area contributed by atoms with Crippen LogP contribution >= 0.6 is 0 Å². The minimum Gasteiger partial charge on any atom is -0.506 e. The zero-order chi connectivity index (χ0) is 24.2. The van der Waals surface area contributed by atoms with Crippen molar-refractivity contribution in [2.45, 2.75) is 51.1 Å². The number of likely N-dealkylation sites (tertiary alicyclic amines) is 1. The summed E-state index contributed by atoms with van der Waals surface area (Å²) >= 11 is 0. The summed E-state index contributed by atoms with van der Waals surface area (Å²) in [6, 6.07) is 11.7. The third-order valence-electron chi connectivity index (χ3n) is 6.60. The van der Waals surface area contributed by atoms with Gasteiger partial charge >= 0.3 is 0 Å². The lowest BCUT2D eigenvalue weighted by Gasteiger charge is -2.35. The quantitative estimate of drug-likeness (QED) is 0.357. The fourth-order valence-corrected chi connectivity index (χ4v) is 5.07. The summed E-state index contributed by atoms with van der Waals surface area (Å²) in [6.07, 6.45) is 4.77. The number of methoxy groups -OCH3 is 2. The van der Waals surface area contributed by atoms with Crippen molar-refractivity contribution in [3.63, 3.8) is 0 Å². The average molecular weight is 466 g/mol. The summed E-state index contributed by atoms with van der Waals surface area (Å²) < 4.78 is 16.6. The number of nitrogens with zero attached hydrogens (tertiary/aromatic N) is 1. The Kier molecular flexibility index (Phi) is 7.10. The highest BCUT2D eigenvalue weighted by atomic mass is 16.5. The molecule has 1 N–H and O–H groups in total. The highest BCUT2D eigenvalue weighted by Crippen LogP contribution is 2.46. The van der Waals surface area contributed by atoms with Crippen molar-refractivity contribution < 1.29 is 28.9 Å². The maximum absolute atomic E-state index is 13.4. The van der Waals surface area contributed by atoms with Gasteiger partial charge in [-0.15, -0.1) is 0 Å². The molecule has 2 aromatic carbocycles. The van der Waals surface area contributed by atoms with Crippen molar-refractivity contribution in [1.29, 1.82) is 0 Å². The van der Waals surface area contributed by atoms with E-state index >= 15 is 0 Å². The van der Waals surface area contributed by atoms with Gasteiger partial charge < -0.3 is 24.2 Å². The number of carbonyl (C=O) groups excluding carboxylic acids is 2. The minimum absolute atomic E-state index is 0.0343. The molecule has 1 unspecified atom stereocenters. The Labute approximate surface area is 199 Å². The van der Waals surface area contributed by atoms with E-state index in [1.807, 2.05) is 31.2 Å². The van der Waals surface area contributed by atoms with Crippen molar-refractivity contribution in [3.8, 4) is 17.2 Å². The number of ether oxygens (including phenoxy) is 3. The highest BCUT2D eigenvalue weighted by Gasteiger charge is 2.49. The largest absolute Gasteiger partial charge is 0.506 e. The Morgan fingerprint density at radius 1 is 1.00 bits per heavy atom. The second kappa shape index (κ2) is 10.2. The number of amides is 1. The lowest BCUT2D eigenvalue weighted by atomic mass is 9.90. The number of benzene rings is 2. The molecule has 180 valence electrons. The first-order chi connectivity index (χ1) is 16.5. The molecule has 1 aliphatic carbocycles. The molecule has 1 atom stereocenters. The summed E-state index contributed by atoms with van der Waals surface area (Å²) in [6.45, 7) is 2.39. The van der Waals surface area contributed by atoms with Crippen molar-refractivity contribution in [1.82, 2.24) is 4.90 Å². The maximum atomic E-state index is 13.4. The smallest absolute Gasteiger partial charge is 0.295 e. The Morgan fingerprint density at radius 2 is 1.65 bits per heavy atom. The van der Waals surface area contributed by atoms with Gasteiger partial charge in [-0.3, -0.25) is 9.59 Å². The third-order valence-corrected chi connectivity index (χ3v) is 6.60. The van der Waals surface area contributed by atoms with E-state index in [4.69, 9.17) is 14.2 Å². The van der Waals surface area contributed by atoms with E-state index in [1.165, 1.54) is 14.2 Å². The number of aliphatic hydroxyl groups excluding tert-OH is 1. The third kappa shape index (κ3) is 4.22. The molecule has 2 aliphatic rings. The Balaban J connectivity index is 1.94. The van der Waals surface area contributed by atoms with Crippen LogP contribution < -0.4 is 14.2 Å². The first kappa shape index (κ1) is 23.7. The second-order valence-electron chi connectivity index (χ2n) is 8.54. The average Bonchev–Trinajstić information content (AvgIpc) is 3.14. The Bertz CT molecular complexity index is 1080. The van der Waals surface area contributed by atoms with Gasteiger partial charge in [-0.2, -0.15) is 0 Å². The molecular weight excluding hydrogens is 434 g/mol. The SMILES string of the molecule is CCOc1cccc(C2/C(=C(\O)c3c(OC)cccc3OC)C(=O)C(=O)N2C2CCCCC2)c1. The second-order valence-corrected chi connectivity index (χ2v) is 8.54. The molecule has 1 saturated carbocycles. The van der Waals surface area contributed by atoms with Gasteiger partial charge in [-0.05, 0) is 49.6 Å². The summed E-state index contributed by atoms with van der Waals surface area (Å²) in [5, 5.41) is 11.5. The van der Waals surface area contributed by atoms with Gasteiger partial charge in [0.25, 0.3) is 11.7 Å². The van der Waals surface area contributed by atoms with Crippen LogP contribution in [-0.2, 0) is 9.59 Å². The zero-order valence-corrected chi connectivity index (χ0v) is 19.9. The van der Waals surface area contributed by atoms with Crippen LogP contribution in [0.25, 0.3) is 5.76 Å². The van der Waals surface area contributed by atoms with E-state index in [0.29, 0.717) is 29.4 Å². The standard InChI is InChI=1S/C27H31NO6/c1-4-34-19-13-8-10-17(16-19)24-23(25(29)22-20(32-2)14-9-15-21(22)33-3)26(30)27(31)28(24)18-11-6-5-7-12-18/h8-10,13-16,18,24,29H,4-7,11-12H2,1-3H3/b25-23+. The molecule has 1 heterocycles. The Hall–Kier alpha value is -3.48. The molecule has 7 nitrogen and oxygen atoms in total. The fourth-order valence-electron chi connectivity index (χ4n) is 5.07.